The molecule has 0 fully saturated rings. The Balaban J connectivity index is 2.26. The van der Waals surface area contributed by atoms with Crippen LogP contribution in [-0.2, 0) is 11.3 Å². The van der Waals surface area contributed by atoms with Crippen molar-refractivity contribution in [3.05, 3.63) is 28.9 Å². The number of aliphatic hydroxyl groups is 1. The number of unbranched alkanes of at least 4 members (excludes halogenated alkanes) is 2. The number of rotatable bonds is 7. The van der Waals surface area contributed by atoms with Gasteiger partial charge in [0, 0.05) is 25.5 Å². The second-order valence-corrected chi connectivity index (χ2v) is 3.66. The van der Waals surface area contributed by atoms with E-state index in [0.29, 0.717) is 6.54 Å². The molecule has 6 nitrogen and oxygen atoms in total. The van der Waals surface area contributed by atoms with Crippen LogP contribution in [0.2, 0.25) is 0 Å². The molecule has 2 N–H and O–H groups in total. The number of carbonyl (C=O) groups is 1. The molecule has 0 atom stereocenters. The van der Waals surface area contributed by atoms with Gasteiger partial charge in [-0.3, -0.25) is 9.36 Å². The number of amides is 1. The van der Waals surface area contributed by atoms with Crippen molar-refractivity contribution in [1.29, 1.82) is 0 Å². The van der Waals surface area contributed by atoms with E-state index < -0.39 is 5.69 Å². The van der Waals surface area contributed by atoms with Crippen molar-refractivity contribution in [2.75, 3.05) is 13.2 Å². The van der Waals surface area contributed by atoms with Crippen molar-refractivity contribution in [3.8, 4) is 0 Å². The molecule has 0 spiro atoms. The van der Waals surface area contributed by atoms with E-state index in [4.69, 9.17) is 5.11 Å². The van der Waals surface area contributed by atoms with E-state index in [1.165, 1.54) is 17.0 Å². The predicted octanol–water partition coefficient (Wildman–Crippen LogP) is -0.478. The highest BCUT2D eigenvalue weighted by Gasteiger charge is 2.03. The smallest absolute Gasteiger partial charge is 0.347 e. The van der Waals surface area contributed by atoms with E-state index in [2.05, 4.69) is 10.3 Å². The molecule has 94 valence electrons. The molecule has 0 aliphatic heterocycles. The molecule has 1 amide bonds. The Morgan fingerprint density at radius 1 is 1.41 bits per heavy atom. The van der Waals surface area contributed by atoms with Crippen LogP contribution in [0.3, 0.4) is 0 Å². The maximum atomic E-state index is 11.4. The Kier molecular flexibility index (Phi) is 5.95. The third kappa shape index (κ3) is 5.26. The fraction of sp³-hybridized carbons (Fsp3) is 0.545. The minimum absolute atomic E-state index is 0.00727. The van der Waals surface area contributed by atoms with Crippen molar-refractivity contribution in [2.45, 2.75) is 25.8 Å². The van der Waals surface area contributed by atoms with Crippen LogP contribution >= 0.6 is 0 Å². The summed E-state index contributed by atoms with van der Waals surface area (Å²) in [6.45, 7) is 0.736. The monoisotopic (exact) mass is 239 g/mol. The van der Waals surface area contributed by atoms with Crippen molar-refractivity contribution >= 4 is 5.91 Å². The molecule has 1 heterocycles. The highest BCUT2D eigenvalue weighted by atomic mass is 16.3. The number of nitrogens with one attached hydrogen (secondary N) is 1. The topological polar surface area (TPSA) is 84.2 Å². The second-order valence-electron chi connectivity index (χ2n) is 3.66. The van der Waals surface area contributed by atoms with Gasteiger partial charge in [0.05, 0.1) is 0 Å². The number of nitrogens with zero attached hydrogens (tertiary/aromatic N) is 2. The zero-order valence-electron chi connectivity index (χ0n) is 9.63. The first-order chi connectivity index (χ1) is 8.24. The number of hydrogen-bond donors (Lipinski definition) is 2. The van der Waals surface area contributed by atoms with Gasteiger partial charge in [0.25, 0.3) is 0 Å². The molecule has 0 aliphatic carbocycles. The van der Waals surface area contributed by atoms with Gasteiger partial charge in [-0.15, -0.1) is 0 Å². The quantitative estimate of drug-likeness (QED) is 0.630. The summed E-state index contributed by atoms with van der Waals surface area (Å²) in [6.07, 6.45) is 5.38. The van der Waals surface area contributed by atoms with Gasteiger partial charge in [0.1, 0.15) is 6.54 Å². The lowest BCUT2D eigenvalue weighted by atomic mass is 10.2. The SMILES string of the molecule is O=C(Cn1cccnc1=O)NCCCCCO. The first-order valence-electron chi connectivity index (χ1n) is 5.63. The van der Waals surface area contributed by atoms with E-state index in [1.54, 1.807) is 6.07 Å². The Hall–Kier alpha value is -1.69. The molecular formula is C11H17N3O3. The lowest BCUT2D eigenvalue weighted by molar-refractivity contribution is -0.121. The van der Waals surface area contributed by atoms with Crippen LogP contribution in [0.4, 0.5) is 0 Å². The Morgan fingerprint density at radius 3 is 2.94 bits per heavy atom. The number of carbonyl (C=O) groups excluding carboxylic acids is 1. The van der Waals surface area contributed by atoms with Gasteiger partial charge >= 0.3 is 5.69 Å². The van der Waals surface area contributed by atoms with Crippen LogP contribution in [0.5, 0.6) is 0 Å². The van der Waals surface area contributed by atoms with Crippen LogP contribution < -0.4 is 11.0 Å². The third-order valence-corrected chi connectivity index (χ3v) is 2.25. The molecule has 1 aromatic heterocycles. The fourth-order valence-electron chi connectivity index (χ4n) is 1.36. The van der Waals surface area contributed by atoms with E-state index in [0.717, 1.165) is 19.3 Å². The van der Waals surface area contributed by atoms with E-state index in [-0.39, 0.29) is 19.1 Å². The summed E-state index contributed by atoms with van der Waals surface area (Å²) >= 11 is 0. The normalized spacial score (nSPS) is 10.2. The number of aliphatic hydroxyl groups excluding tert-OH is 1. The highest BCUT2D eigenvalue weighted by Crippen LogP contribution is 1.91. The van der Waals surface area contributed by atoms with Crippen molar-refractivity contribution in [2.24, 2.45) is 0 Å². The van der Waals surface area contributed by atoms with Gasteiger partial charge in [0.15, 0.2) is 0 Å². The molecule has 0 aromatic carbocycles. The summed E-state index contributed by atoms with van der Waals surface area (Å²) < 4.78 is 1.25. The number of hydrogen-bond acceptors (Lipinski definition) is 4. The van der Waals surface area contributed by atoms with Crippen LogP contribution in [0.25, 0.3) is 0 Å². The van der Waals surface area contributed by atoms with E-state index in [9.17, 15) is 9.59 Å². The zero-order valence-corrected chi connectivity index (χ0v) is 9.63. The summed E-state index contributed by atoms with van der Waals surface area (Å²) in [7, 11) is 0. The Labute approximate surface area is 99.3 Å². The standard InChI is InChI=1S/C11H17N3O3/c15-8-3-1-2-5-12-10(16)9-14-7-4-6-13-11(14)17/h4,6-7,15H,1-3,5,8-9H2,(H,12,16). The van der Waals surface area contributed by atoms with Gasteiger partial charge in [-0.25, -0.2) is 9.78 Å². The average molecular weight is 239 g/mol. The Bertz CT molecular complexity index is 403. The van der Waals surface area contributed by atoms with Gasteiger partial charge < -0.3 is 10.4 Å². The molecule has 0 aliphatic rings. The van der Waals surface area contributed by atoms with Crippen LogP contribution in [-0.4, -0.2) is 33.7 Å². The van der Waals surface area contributed by atoms with Crippen LogP contribution in [0.15, 0.2) is 23.3 Å². The van der Waals surface area contributed by atoms with Gasteiger partial charge in [-0.2, -0.15) is 0 Å². The largest absolute Gasteiger partial charge is 0.396 e. The predicted molar refractivity (Wildman–Crippen MR) is 62.4 cm³/mol. The maximum absolute atomic E-state index is 11.4. The molecule has 0 saturated carbocycles. The maximum Gasteiger partial charge on any atom is 0.347 e. The van der Waals surface area contributed by atoms with Gasteiger partial charge in [0.2, 0.25) is 5.91 Å². The summed E-state index contributed by atoms with van der Waals surface area (Å²) in [4.78, 5) is 26.2. The molecule has 1 aromatic rings. The summed E-state index contributed by atoms with van der Waals surface area (Å²) in [5.41, 5.74) is -0.428. The minimum Gasteiger partial charge on any atom is -0.396 e. The summed E-state index contributed by atoms with van der Waals surface area (Å²) in [5, 5.41) is 11.3. The first kappa shape index (κ1) is 13.4. The van der Waals surface area contributed by atoms with Crippen molar-refractivity contribution in [3.63, 3.8) is 0 Å². The molecule has 0 unspecified atom stereocenters. The van der Waals surface area contributed by atoms with Crippen LogP contribution in [0.1, 0.15) is 19.3 Å². The second kappa shape index (κ2) is 7.56. The molecule has 17 heavy (non-hydrogen) atoms. The zero-order chi connectivity index (χ0) is 12.5. The van der Waals surface area contributed by atoms with Crippen molar-refractivity contribution in [1.82, 2.24) is 14.9 Å². The number of aromatic nitrogens is 2. The molecule has 6 heteroatoms. The van der Waals surface area contributed by atoms with Crippen molar-refractivity contribution < 1.29 is 9.90 Å². The lowest BCUT2D eigenvalue weighted by Gasteiger charge is -2.06. The van der Waals surface area contributed by atoms with Gasteiger partial charge in [-0.05, 0) is 25.3 Å². The lowest BCUT2D eigenvalue weighted by Crippen LogP contribution is -2.33. The minimum atomic E-state index is -0.428. The molecular weight excluding hydrogens is 222 g/mol. The summed E-state index contributed by atoms with van der Waals surface area (Å²) in [6, 6.07) is 1.61. The third-order valence-electron chi connectivity index (χ3n) is 2.25. The average Bonchev–Trinajstić information content (AvgIpc) is 2.32. The van der Waals surface area contributed by atoms with E-state index >= 15 is 0 Å². The molecule has 0 radical (unpaired) electrons. The highest BCUT2D eigenvalue weighted by molar-refractivity contribution is 5.75. The van der Waals surface area contributed by atoms with Gasteiger partial charge in [-0.1, -0.05) is 0 Å². The molecule has 0 bridgehead atoms. The van der Waals surface area contributed by atoms with Crippen LogP contribution in [0, 0.1) is 0 Å². The molecule has 1 rings (SSSR count). The first-order valence-corrected chi connectivity index (χ1v) is 5.63. The molecule has 0 saturated heterocycles. The fourth-order valence-corrected chi connectivity index (χ4v) is 1.36. The summed E-state index contributed by atoms with van der Waals surface area (Å²) in [5.74, 6) is -0.205. The Morgan fingerprint density at radius 2 is 2.24 bits per heavy atom. The van der Waals surface area contributed by atoms with E-state index in [1.807, 2.05) is 0 Å².